The molecule has 1 aliphatic carbocycles. The Bertz CT molecular complexity index is 187. The van der Waals surface area contributed by atoms with Crippen LogP contribution in [0.4, 0.5) is 0 Å². The molecule has 1 aliphatic rings. The molecule has 0 heterocycles. The van der Waals surface area contributed by atoms with E-state index in [4.69, 9.17) is 0 Å². The van der Waals surface area contributed by atoms with Gasteiger partial charge in [-0.2, -0.15) is 12.6 Å². The third-order valence-corrected chi connectivity index (χ3v) is 1.98. The van der Waals surface area contributed by atoms with E-state index in [1.54, 1.807) is 0 Å². The third kappa shape index (κ3) is 1.77. The smallest absolute Gasteiger partial charge is 0.0154 e. The van der Waals surface area contributed by atoms with Gasteiger partial charge in [-0.1, -0.05) is 24.8 Å². The van der Waals surface area contributed by atoms with Crippen LogP contribution < -0.4 is 0 Å². The van der Waals surface area contributed by atoms with Crippen LogP contribution in [0.2, 0.25) is 0 Å². The number of allylic oxidation sites excluding steroid dienone is 4. The van der Waals surface area contributed by atoms with Crippen LogP contribution in [0.15, 0.2) is 36.0 Å². The van der Waals surface area contributed by atoms with E-state index in [0.717, 1.165) is 17.7 Å². The minimum absolute atomic E-state index is 0.760. The van der Waals surface area contributed by atoms with E-state index in [0.29, 0.717) is 0 Å². The summed E-state index contributed by atoms with van der Waals surface area (Å²) in [4.78, 5) is 0. The van der Waals surface area contributed by atoms with Crippen LogP contribution in [-0.4, -0.2) is 5.75 Å². The fraction of sp³-hybridized carbons (Fsp3) is 0.333. The Morgan fingerprint density at radius 1 is 1.60 bits per heavy atom. The summed E-state index contributed by atoms with van der Waals surface area (Å²) in [5.41, 5.74) is 2.39. The maximum Gasteiger partial charge on any atom is 0.0154 e. The van der Waals surface area contributed by atoms with Gasteiger partial charge < -0.3 is 0 Å². The Kier molecular flexibility index (Phi) is 2.82. The van der Waals surface area contributed by atoms with Crippen molar-refractivity contribution in [3.63, 3.8) is 0 Å². The largest absolute Gasteiger partial charge is 0.175 e. The zero-order valence-electron chi connectivity index (χ0n) is 6.01. The molecule has 1 heteroatoms. The van der Waals surface area contributed by atoms with Gasteiger partial charge in [0.25, 0.3) is 0 Å². The van der Waals surface area contributed by atoms with Crippen LogP contribution in [0, 0.1) is 0 Å². The van der Waals surface area contributed by atoms with Crippen molar-refractivity contribution in [3.05, 3.63) is 36.0 Å². The van der Waals surface area contributed by atoms with E-state index in [2.05, 4.69) is 37.4 Å². The van der Waals surface area contributed by atoms with E-state index in [9.17, 15) is 0 Å². The van der Waals surface area contributed by atoms with E-state index in [-0.39, 0.29) is 0 Å². The molecule has 0 fully saturated rings. The van der Waals surface area contributed by atoms with Crippen LogP contribution in [0.3, 0.4) is 0 Å². The summed E-state index contributed by atoms with van der Waals surface area (Å²) in [7, 11) is 0. The highest BCUT2D eigenvalue weighted by Crippen LogP contribution is 2.16. The molecule has 0 N–H and O–H groups in total. The Hall–Kier alpha value is -0.430. The lowest BCUT2D eigenvalue weighted by Gasteiger charge is -2.06. The Balaban J connectivity index is 2.63. The molecule has 0 aromatic rings. The molecule has 0 amide bonds. The molecule has 0 bridgehead atoms. The second-order valence-electron chi connectivity index (χ2n) is 2.40. The maximum atomic E-state index is 4.15. The van der Waals surface area contributed by atoms with Crippen LogP contribution in [0.5, 0.6) is 0 Å². The van der Waals surface area contributed by atoms with Gasteiger partial charge in [-0.3, -0.25) is 0 Å². The molecule has 0 aromatic heterocycles. The normalized spacial score (nSPS) is 16.7. The molecule has 0 saturated heterocycles. The minimum Gasteiger partial charge on any atom is -0.175 e. The molecule has 0 aromatic carbocycles. The Morgan fingerprint density at radius 3 is 2.90 bits per heavy atom. The molecular weight excluding hydrogens is 140 g/mol. The predicted molar refractivity (Wildman–Crippen MR) is 49.5 cm³/mol. The van der Waals surface area contributed by atoms with Crippen molar-refractivity contribution < 1.29 is 0 Å². The van der Waals surface area contributed by atoms with Crippen LogP contribution in [0.1, 0.15) is 12.8 Å². The minimum atomic E-state index is 0.760. The van der Waals surface area contributed by atoms with Gasteiger partial charge in [0.05, 0.1) is 0 Å². The second-order valence-corrected chi connectivity index (χ2v) is 2.72. The molecular formula is C9H12S. The Labute approximate surface area is 67.7 Å². The zero-order valence-corrected chi connectivity index (χ0v) is 6.90. The van der Waals surface area contributed by atoms with Gasteiger partial charge in [-0.05, 0) is 24.0 Å². The first-order valence-corrected chi connectivity index (χ1v) is 4.13. The topological polar surface area (TPSA) is 0 Å². The Morgan fingerprint density at radius 2 is 2.40 bits per heavy atom. The zero-order chi connectivity index (χ0) is 7.40. The first-order valence-electron chi connectivity index (χ1n) is 3.50. The lowest BCUT2D eigenvalue weighted by atomic mass is 10.0. The standard InChI is InChI=1S/C9H12S/c1-8(7-10)9-5-3-2-4-6-9/h3,5-6,10H,1-2,4,7H2. The van der Waals surface area contributed by atoms with E-state index in [1.807, 2.05) is 0 Å². The van der Waals surface area contributed by atoms with Crippen molar-refractivity contribution in [1.29, 1.82) is 0 Å². The number of hydrogen-bond acceptors (Lipinski definition) is 1. The van der Waals surface area contributed by atoms with Crippen LogP contribution in [0.25, 0.3) is 0 Å². The van der Waals surface area contributed by atoms with E-state index in [1.165, 1.54) is 12.0 Å². The third-order valence-electron chi connectivity index (χ3n) is 1.59. The van der Waals surface area contributed by atoms with E-state index >= 15 is 0 Å². The summed E-state index contributed by atoms with van der Waals surface area (Å²) in [5, 5.41) is 0. The van der Waals surface area contributed by atoms with Gasteiger partial charge in [0.1, 0.15) is 0 Å². The lowest BCUT2D eigenvalue weighted by Crippen LogP contribution is -1.89. The summed E-state index contributed by atoms with van der Waals surface area (Å²) < 4.78 is 0. The fourth-order valence-electron chi connectivity index (χ4n) is 0.967. The SMILES string of the molecule is C=C(CS)C1=CCCC=C1. The monoisotopic (exact) mass is 152 g/mol. The molecule has 0 spiro atoms. The van der Waals surface area contributed by atoms with Crippen molar-refractivity contribution in [1.82, 2.24) is 0 Å². The van der Waals surface area contributed by atoms with Crippen molar-refractivity contribution in [2.24, 2.45) is 0 Å². The highest BCUT2D eigenvalue weighted by molar-refractivity contribution is 7.80. The molecule has 0 unspecified atom stereocenters. The average molecular weight is 152 g/mol. The van der Waals surface area contributed by atoms with Crippen LogP contribution in [-0.2, 0) is 0 Å². The molecule has 0 nitrogen and oxygen atoms in total. The van der Waals surface area contributed by atoms with Crippen molar-refractivity contribution >= 4 is 12.6 Å². The molecule has 0 radical (unpaired) electrons. The molecule has 1 rings (SSSR count). The summed E-state index contributed by atoms with van der Waals surface area (Å²) in [5.74, 6) is 0.760. The van der Waals surface area contributed by atoms with Gasteiger partial charge in [0, 0.05) is 5.75 Å². The van der Waals surface area contributed by atoms with E-state index < -0.39 is 0 Å². The highest BCUT2D eigenvalue weighted by Gasteiger charge is 1.98. The summed E-state index contributed by atoms with van der Waals surface area (Å²) in [6.07, 6.45) is 8.85. The van der Waals surface area contributed by atoms with Gasteiger partial charge >= 0.3 is 0 Å². The molecule has 0 saturated carbocycles. The lowest BCUT2D eigenvalue weighted by molar-refractivity contribution is 1.02. The summed E-state index contributed by atoms with van der Waals surface area (Å²) in [6, 6.07) is 0. The van der Waals surface area contributed by atoms with Gasteiger partial charge in [-0.25, -0.2) is 0 Å². The maximum absolute atomic E-state index is 4.15. The second kappa shape index (κ2) is 3.67. The first kappa shape index (κ1) is 7.67. The van der Waals surface area contributed by atoms with Crippen molar-refractivity contribution in [2.45, 2.75) is 12.8 Å². The van der Waals surface area contributed by atoms with Gasteiger partial charge in [0.2, 0.25) is 0 Å². The highest BCUT2D eigenvalue weighted by atomic mass is 32.1. The average Bonchev–Trinajstić information content (AvgIpc) is 2.05. The molecule has 54 valence electrons. The number of rotatable bonds is 2. The molecule has 10 heavy (non-hydrogen) atoms. The first-order chi connectivity index (χ1) is 4.84. The number of hydrogen-bond donors (Lipinski definition) is 1. The summed E-state index contributed by atoms with van der Waals surface area (Å²) >= 11 is 4.15. The predicted octanol–water partition coefficient (Wildman–Crippen LogP) is 2.75. The fourth-order valence-corrected chi connectivity index (χ4v) is 1.15. The van der Waals surface area contributed by atoms with Crippen molar-refractivity contribution in [2.75, 3.05) is 5.75 Å². The quantitative estimate of drug-likeness (QED) is 0.578. The molecule has 0 aliphatic heterocycles. The molecule has 0 atom stereocenters. The number of thiol groups is 1. The van der Waals surface area contributed by atoms with Gasteiger partial charge in [0.15, 0.2) is 0 Å². The van der Waals surface area contributed by atoms with Crippen LogP contribution >= 0.6 is 12.6 Å². The summed E-state index contributed by atoms with van der Waals surface area (Å²) in [6.45, 7) is 3.90. The van der Waals surface area contributed by atoms with Crippen molar-refractivity contribution in [3.8, 4) is 0 Å². The van der Waals surface area contributed by atoms with Gasteiger partial charge in [-0.15, -0.1) is 0 Å².